The Hall–Kier alpha value is -2.95. The van der Waals surface area contributed by atoms with E-state index in [9.17, 15) is 22.8 Å². The summed E-state index contributed by atoms with van der Waals surface area (Å²) in [6.45, 7) is 0.0592. The number of carbonyl (C=O) groups is 3. The third-order valence-corrected chi connectivity index (χ3v) is 6.71. The highest BCUT2D eigenvalue weighted by atomic mass is 32.2. The number of amides is 3. The van der Waals surface area contributed by atoms with Crippen LogP contribution in [0.15, 0.2) is 70.5 Å². The molecule has 1 fully saturated rings. The first-order valence-corrected chi connectivity index (χ1v) is 11.8. The summed E-state index contributed by atoms with van der Waals surface area (Å²) in [4.78, 5) is 38.0. The van der Waals surface area contributed by atoms with E-state index in [1.165, 1.54) is 12.1 Å². The lowest BCUT2D eigenvalue weighted by Gasteiger charge is -2.13. The van der Waals surface area contributed by atoms with Gasteiger partial charge in [0.05, 0.1) is 9.80 Å². The molecule has 0 aromatic heterocycles. The Morgan fingerprint density at radius 2 is 1.61 bits per heavy atom. The van der Waals surface area contributed by atoms with E-state index in [-0.39, 0.29) is 36.9 Å². The lowest BCUT2D eigenvalue weighted by atomic mass is 10.2. The zero-order chi connectivity index (χ0) is 22.3. The van der Waals surface area contributed by atoms with Crippen LogP contribution in [0, 0.1) is 0 Å². The van der Waals surface area contributed by atoms with Crippen molar-refractivity contribution in [2.45, 2.75) is 11.3 Å². The molecule has 31 heavy (non-hydrogen) atoms. The number of imide groups is 1. The minimum atomic E-state index is -3.67. The summed E-state index contributed by atoms with van der Waals surface area (Å²) in [6, 6.07) is 17.1. The maximum Gasteiger partial charge on any atom is 0.293 e. The molecule has 1 saturated heterocycles. The highest BCUT2D eigenvalue weighted by molar-refractivity contribution is 8.18. The molecule has 0 aliphatic carbocycles. The number of hydrogen-bond acceptors (Lipinski definition) is 6. The standard InChI is InChI=1S/C21H21N3O5S2/c25-19(11-12-23-31(28,29)17-9-5-2-6-10-17)22-13-14-24-20(26)18(30-21(24)27)15-16-7-3-1-4-8-16/h1-10,15,23H,11-14H2,(H,22,25)/b18-15-. The topological polar surface area (TPSA) is 113 Å². The van der Waals surface area contributed by atoms with Crippen molar-refractivity contribution in [2.75, 3.05) is 19.6 Å². The molecule has 2 N–H and O–H groups in total. The van der Waals surface area contributed by atoms with Gasteiger partial charge in [-0.25, -0.2) is 13.1 Å². The van der Waals surface area contributed by atoms with E-state index in [1.54, 1.807) is 24.3 Å². The van der Waals surface area contributed by atoms with E-state index >= 15 is 0 Å². The van der Waals surface area contributed by atoms with Crippen molar-refractivity contribution < 1.29 is 22.8 Å². The molecule has 0 spiro atoms. The number of benzene rings is 2. The molecule has 0 saturated carbocycles. The lowest BCUT2D eigenvalue weighted by Crippen LogP contribution is -2.38. The number of nitrogens with one attached hydrogen (secondary N) is 2. The molecular weight excluding hydrogens is 438 g/mol. The summed E-state index contributed by atoms with van der Waals surface area (Å²) >= 11 is 0.859. The SMILES string of the molecule is O=C(CCNS(=O)(=O)c1ccccc1)NCCN1C(=O)S/C(=C\c2ccccc2)C1=O. The minimum Gasteiger partial charge on any atom is -0.354 e. The summed E-state index contributed by atoms with van der Waals surface area (Å²) in [7, 11) is -3.67. The number of thioether (sulfide) groups is 1. The Balaban J connectivity index is 1.42. The van der Waals surface area contributed by atoms with Gasteiger partial charge in [-0.2, -0.15) is 0 Å². The first-order chi connectivity index (χ1) is 14.9. The zero-order valence-corrected chi connectivity index (χ0v) is 18.1. The van der Waals surface area contributed by atoms with Crippen LogP contribution < -0.4 is 10.0 Å². The van der Waals surface area contributed by atoms with Crippen LogP contribution in [0.5, 0.6) is 0 Å². The first kappa shape index (κ1) is 22.7. The molecule has 0 unspecified atom stereocenters. The number of carbonyl (C=O) groups excluding carboxylic acids is 3. The molecule has 10 heteroatoms. The number of hydrogen-bond donors (Lipinski definition) is 2. The van der Waals surface area contributed by atoms with Gasteiger partial charge in [-0.1, -0.05) is 48.5 Å². The van der Waals surface area contributed by atoms with E-state index < -0.39 is 21.2 Å². The van der Waals surface area contributed by atoms with Crippen LogP contribution in [0.1, 0.15) is 12.0 Å². The smallest absolute Gasteiger partial charge is 0.293 e. The number of nitrogens with zero attached hydrogens (tertiary/aromatic N) is 1. The predicted molar refractivity (Wildman–Crippen MR) is 118 cm³/mol. The maximum absolute atomic E-state index is 12.4. The zero-order valence-electron chi connectivity index (χ0n) is 16.5. The van der Waals surface area contributed by atoms with Crippen LogP contribution in [-0.4, -0.2) is 50.0 Å². The quantitative estimate of drug-likeness (QED) is 0.556. The highest BCUT2D eigenvalue weighted by Crippen LogP contribution is 2.31. The van der Waals surface area contributed by atoms with Gasteiger partial charge in [-0.15, -0.1) is 0 Å². The van der Waals surface area contributed by atoms with E-state index in [0.717, 1.165) is 22.2 Å². The Labute approximate surface area is 184 Å². The molecule has 8 nitrogen and oxygen atoms in total. The molecule has 162 valence electrons. The third kappa shape index (κ3) is 6.27. The van der Waals surface area contributed by atoms with E-state index in [1.807, 2.05) is 30.3 Å². The Morgan fingerprint density at radius 3 is 2.29 bits per heavy atom. The van der Waals surface area contributed by atoms with Crippen molar-refractivity contribution in [2.24, 2.45) is 0 Å². The lowest BCUT2D eigenvalue weighted by molar-refractivity contribution is -0.124. The van der Waals surface area contributed by atoms with Crippen LogP contribution >= 0.6 is 11.8 Å². The molecular formula is C21H21N3O5S2. The Bertz CT molecular complexity index is 1090. The molecule has 1 aliphatic heterocycles. The van der Waals surface area contributed by atoms with Crippen molar-refractivity contribution in [3.63, 3.8) is 0 Å². The van der Waals surface area contributed by atoms with Crippen molar-refractivity contribution in [3.05, 3.63) is 71.1 Å². The largest absolute Gasteiger partial charge is 0.354 e. The Kier molecular flexibility index (Phi) is 7.61. The van der Waals surface area contributed by atoms with Crippen LogP contribution in [0.2, 0.25) is 0 Å². The monoisotopic (exact) mass is 459 g/mol. The molecule has 3 amide bonds. The summed E-state index contributed by atoms with van der Waals surface area (Å²) < 4.78 is 26.6. The van der Waals surface area contributed by atoms with Crippen molar-refractivity contribution in [1.82, 2.24) is 14.9 Å². The first-order valence-electron chi connectivity index (χ1n) is 9.49. The molecule has 2 aromatic rings. The van der Waals surface area contributed by atoms with Gasteiger partial charge in [0.15, 0.2) is 0 Å². The van der Waals surface area contributed by atoms with Gasteiger partial charge >= 0.3 is 0 Å². The summed E-state index contributed by atoms with van der Waals surface area (Å²) in [6.07, 6.45) is 1.59. The highest BCUT2D eigenvalue weighted by Gasteiger charge is 2.34. The second-order valence-corrected chi connectivity index (χ2v) is 9.31. The van der Waals surface area contributed by atoms with E-state index in [4.69, 9.17) is 0 Å². The van der Waals surface area contributed by atoms with Gasteiger partial charge in [0, 0.05) is 26.1 Å². The van der Waals surface area contributed by atoms with Crippen LogP contribution in [0.3, 0.4) is 0 Å². The molecule has 2 aromatic carbocycles. The van der Waals surface area contributed by atoms with E-state index in [2.05, 4.69) is 10.0 Å². The number of sulfonamides is 1. The molecule has 0 radical (unpaired) electrons. The van der Waals surface area contributed by atoms with Gasteiger partial charge in [0.2, 0.25) is 15.9 Å². The van der Waals surface area contributed by atoms with Crippen molar-refractivity contribution >= 4 is 44.9 Å². The van der Waals surface area contributed by atoms with Crippen molar-refractivity contribution in [3.8, 4) is 0 Å². The van der Waals surface area contributed by atoms with Gasteiger partial charge in [-0.3, -0.25) is 19.3 Å². The number of rotatable bonds is 9. The van der Waals surface area contributed by atoms with Crippen LogP contribution in [-0.2, 0) is 19.6 Å². The molecule has 1 aliphatic rings. The summed E-state index contributed by atoms with van der Waals surface area (Å²) in [5, 5.41) is 2.20. The van der Waals surface area contributed by atoms with Gasteiger partial charge in [0.1, 0.15) is 0 Å². The predicted octanol–water partition coefficient (Wildman–Crippen LogP) is 2.21. The van der Waals surface area contributed by atoms with E-state index in [0.29, 0.717) is 4.91 Å². The third-order valence-electron chi connectivity index (χ3n) is 4.33. The second kappa shape index (κ2) is 10.4. The minimum absolute atomic E-state index is 0.0400. The van der Waals surface area contributed by atoms with Gasteiger partial charge in [0.25, 0.3) is 11.1 Å². The maximum atomic E-state index is 12.4. The Morgan fingerprint density at radius 1 is 0.968 bits per heavy atom. The molecule has 0 bridgehead atoms. The van der Waals surface area contributed by atoms with Crippen molar-refractivity contribution in [1.29, 1.82) is 0 Å². The molecule has 3 rings (SSSR count). The second-order valence-electron chi connectivity index (χ2n) is 6.55. The fourth-order valence-electron chi connectivity index (χ4n) is 2.77. The molecule has 1 heterocycles. The summed E-state index contributed by atoms with van der Waals surface area (Å²) in [5.74, 6) is -0.786. The average molecular weight is 460 g/mol. The summed E-state index contributed by atoms with van der Waals surface area (Å²) in [5.41, 5.74) is 0.819. The molecule has 0 atom stereocenters. The van der Waals surface area contributed by atoms with Crippen LogP contribution in [0.25, 0.3) is 6.08 Å². The van der Waals surface area contributed by atoms with Crippen LogP contribution in [0.4, 0.5) is 4.79 Å². The average Bonchev–Trinajstić information content (AvgIpc) is 3.02. The fraction of sp³-hybridized carbons (Fsp3) is 0.190. The van der Waals surface area contributed by atoms with Gasteiger partial charge < -0.3 is 5.32 Å². The fourth-order valence-corrected chi connectivity index (χ4v) is 4.69. The normalized spacial score (nSPS) is 15.5. The van der Waals surface area contributed by atoms with Gasteiger partial charge in [-0.05, 0) is 35.5 Å².